The van der Waals surface area contributed by atoms with Gasteiger partial charge in [-0.3, -0.25) is 4.99 Å². The maximum Gasteiger partial charge on any atom is 0.336 e. The lowest BCUT2D eigenvalue weighted by Gasteiger charge is -2.32. The third-order valence-electron chi connectivity index (χ3n) is 4.01. The van der Waals surface area contributed by atoms with Crippen LogP contribution in [0.15, 0.2) is 58.4 Å². The van der Waals surface area contributed by atoms with E-state index in [9.17, 15) is 9.90 Å². The first kappa shape index (κ1) is 15.8. The van der Waals surface area contributed by atoms with Gasteiger partial charge in [-0.05, 0) is 44.2 Å². The molecule has 0 aliphatic carbocycles. The van der Waals surface area contributed by atoms with Crippen molar-refractivity contribution >= 4 is 21.9 Å². The van der Waals surface area contributed by atoms with Crippen molar-refractivity contribution in [2.45, 2.75) is 30.7 Å². The summed E-state index contributed by atoms with van der Waals surface area (Å²) in [5, 5.41) is 10.5. The van der Waals surface area contributed by atoms with Crippen molar-refractivity contribution in [2.75, 3.05) is 6.26 Å². The molecule has 0 aromatic heterocycles. The number of carboxylic acids is 1. The van der Waals surface area contributed by atoms with Crippen LogP contribution < -0.4 is 0 Å². The average molecular weight is 326 g/mol. The molecular formula is C19H20NO2S. The Bertz CT molecular complexity index is 795. The summed E-state index contributed by atoms with van der Waals surface area (Å²) < 4.78 is 0. The molecule has 119 valence electrons. The molecule has 0 spiro atoms. The van der Waals surface area contributed by atoms with Crippen molar-refractivity contribution in [1.82, 2.24) is 0 Å². The maximum absolute atomic E-state index is 11.5. The van der Waals surface area contributed by atoms with Crippen LogP contribution in [-0.2, 0) is 6.42 Å². The van der Waals surface area contributed by atoms with Crippen LogP contribution in [0.5, 0.6) is 0 Å². The van der Waals surface area contributed by atoms with E-state index < -0.39 is 16.9 Å². The zero-order chi connectivity index (χ0) is 16.6. The van der Waals surface area contributed by atoms with Gasteiger partial charge >= 0.3 is 5.97 Å². The van der Waals surface area contributed by atoms with Gasteiger partial charge in [0.15, 0.2) is 0 Å². The molecule has 3 nitrogen and oxygen atoms in total. The number of aromatic carboxylic acids is 1. The molecule has 0 bridgehead atoms. The average Bonchev–Trinajstić information content (AvgIpc) is 2.52. The molecule has 3 rings (SSSR count). The summed E-state index contributed by atoms with van der Waals surface area (Å²) in [6, 6.07) is 15.5. The standard InChI is InChI=1S/C19H20NO2S/c1-19(2)12-13-8-4-5-9-14(13)17(20-19)23(3)16-11-7-6-10-15(16)18(21)22/h4-11H,12H2,1-3H3,(H,21,22). The third kappa shape index (κ3) is 3.04. The molecule has 1 radical (unpaired) electrons. The molecule has 1 aliphatic heterocycles. The number of carbonyl (C=O) groups is 1. The zero-order valence-electron chi connectivity index (χ0n) is 13.5. The van der Waals surface area contributed by atoms with Gasteiger partial charge in [0.1, 0.15) is 0 Å². The van der Waals surface area contributed by atoms with Gasteiger partial charge in [0, 0.05) is 10.5 Å². The molecule has 1 aliphatic rings. The Kier molecular flexibility index (Phi) is 4.02. The quantitative estimate of drug-likeness (QED) is 0.888. The van der Waals surface area contributed by atoms with Crippen molar-refractivity contribution in [3.8, 4) is 0 Å². The lowest BCUT2D eigenvalue weighted by atomic mass is 9.90. The van der Waals surface area contributed by atoms with Crippen LogP contribution in [0, 0.1) is 0 Å². The number of hydrogen-bond acceptors (Lipinski definition) is 2. The van der Waals surface area contributed by atoms with E-state index in [0.717, 1.165) is 21.9 Å². The van der Waals surface area contributed by atoms with Gasteiger partial charge in [0.05, 0.1) is 16.1 Å². The molecule has 4 heteroatoms. The summed E-state index contributed by atoms with van der Waals surface area (Å²) in [6.45, 7) is 4.26. The summed E-state index contributed by atoms with van der Waals surface area (Å²) >= 11 is 0. The van der Waals surface area contributed by atoms with E-state index in [-0.39, 0.29) is 5.54 Å². The highest BCUT2D eigenvalue weighted by atomic mass is 32.2. The predicted molar refractivity (Wildman–Crippen MR) is 95.9 cm³/mol. The van der Waals surface area contributed by atoms with E-state index in [1.165, 1.54) is 5.56 Å². The molecule has 0 saturated heterocycles. The first-order valence-electron chi connectivity index (χ1n) is 7.55. The third-order valence-corrected chi connectivity index (χ3v) is 5.92. The van der Waals surface area contributed by atoms with Gasteiger partial charge in [-0.1, -0.05) is 36.4 Å². The number of fused-ring (bicyclic) bond motifs is 1. The van der Waals surface area contributed by atoms with E-state index in [2.05, 4.69) is 38.3 Å². The largest absolute Gasteiger partial charge is 0.478 e. The summed E-state index contributed by atoms with van der Waals surface area (Å²) in [4.78, 5) is 17.4. The minimum absolute atomic E-state index is 0.164. The Hall–Kier alpha value is -2.07. The Morgan fingerprint density at radius 3 is 2.52 bits per heavy atom. The van der Waals surface area contributed by atoms with Gasteiger partial charge < -0.3 is 5.11 Å². The maximum atomic E-state index is 11.5. The topological polar surface area (TPSA) is 49.7 Å². The van der Waals surface area contributed by atoms with E-state index in [0.29, 0.717) is 5.56 Å². The summed E-state index contributed by atoms with van der Waals surface area (Å²) in [7, 11) is -0.391. The summed E-state index contributed by atoms with van der Waals surface area (Å²) in [6.07, 6.45) is 2.98. The van der Waals surface area contributed by atoms with Crippen LogP contribution in [-0.4, -0.2) is 27.9 Å². The first-order chi connectivity index (χ1) is 10.9. The molecule has 23 heavy (non-hydrogen) atoms. The van der Waals surface area contributed by atoms with Crippen LogP contribution in [0.25, 0.3) is 0 Å². The fraction of sp³-hybridized carbons (Fsp3) is 0.263. The fourth-order valence-corrected chi connectivity index (χ4v) is 4.86. The van der Waals surface area contributed by atoms with Crippen molar-refractivity contribution in [1.29, 1.82) is 0 Å². The summed E-state index contributed by atoms with van der Waals surface area (Å²) in [5.74, 6) is -0.885. The Morgan fingerprint density at radius 2 is 1.78 bits per heavy atom. The van der Waals surface area contributed by atoms with E-state index in [1.807, 2.05) is 18.2 Å². The van der Waals surface area contributed by atoms with Gasteiger partial charge in [-0.25, -0.2) is 4.79 Å². The molecular weight excluding hydrogens is 306 g/mol. The Balaban J connectivity index is 2.13. The van der Waals surface area contributed by atoms with Crippen molar-refractivity contribution < 1.29 is 9.90 Å². The molecule has 0 saturated carbocycles. The highest BCUT2D eigenvalue weighted by Crippen LogP contribution is 2.43. The van der Waals surface area contributed by atoms with Crippen molar-refractivity contribution in [3.05, 3.63) is 65.2 Å². The zero-order valence-corrected chi connectivity index (χ0v) is 14.4. The number of hydrogen-bond donors (Lipinski definition) is 1. The molecule has 2 aromatic rings. The van der Waals surface area contributed by atoms with E-state index >= 15 is 0 Å². The second kappa shape index (κ2) is 5.85. The van der Waals surface area contributed by atoms with Crippen LogP contribution in [0.1, 0.15) is 35.3 Å². The van der Waals surface area contributed by atoms with Crippen molar-refractivity contribution in [2.24, 2.45) is 4.99 Å². The van der Waals surface area contributed by atoms with Crippen LogP contribution in [0.2, 0.25) is 0 Å². The monoisotopic (exact) mass is 326 g/mol. The van der Waals surface area contributed by atoms with E-state index in [4.69, 9.17) is 4.99 Å². The van der Waals surface area contributed by atoms with Crippen LogP contribution in [0.4, 0.5) is 0 Å². The molecule has 0 unspecified atom stereocenters. The molecule has 0 atom stereocenters. The van der Waals surface area contributed by atoms with Gasteiger partial charge in [0.2, 0.25) is 0 Å². The lowest BCUT2D eigenvalue weighted by Crippen LogP contribution is -2.29. The van der Waals surface area contributed by atoms with Gasteiger partial charge in [-0.2, -0.15) is 0 Å². The normalized spacial score (nSPS) is 15.9. The minimum Gasteiger partial charge on any atom is -0.478 e. The van der Waals surface area contributed by atoms with Crippen molar-refractivity contribution in [3.63, 3.8) is 0 Å². The smallest absolute Gasteiger partial charge is 0.336 e. The summed E-state index contributed by atoms with van der Waals surface area (Å²) in [5.41, 5.74) is 2.64. The molecule has 2 aromatic carbocycles. The SMILES string of the molecule is C[S](C1=NC(C)(C)Cc2ccccc21)c1ccccc1C(=O)O. The van der Waals surface area contributed by atoms with Gasteiger partial charge in [0.25, 0.3) is 0 Å². The second-order valence-electron chi connectivity index (χ2n) is 6.37. The highest BCUT2D eigenvalue weighted by Gasteiger charge is 2.30. The number of nitrogens with zero attached hydrogens (tertiary/aromatic N) is 1. The van der Waals surface area contributed by atoms with Crippen LogP contribution >= 0.6 is 10.9 Å². The molecule has 0 fully saturated rings. The van der Waals surface area contributed by atoms with Gasteiger partial charge in [-0.15, -0.1) is 10.9 Å². The molecule has 1 heterocycles. The number of benzene rings is 2. The Morgan fingerprint density at radius 1 is 1.13 bits per heavy atom. The number of aliphatic imine (C=N–C) groups is 1. The highest BCUT2D eigenvalue weighted by molar-refractivity contribution is 8.30. The molecule has 0 amide bonds. The predicted octanol–water partition coefficient (Wildman–Crippen LogP) is 4.42. The number of carboxylic acid groups (broad SMARTS) is 1. The molecule has 1 N–H and O–H groups in total. The Labute approximate surface area is 139 Å². The number of rotatable bonds is 2. The second-order valence-corrected chi connectivity index (χ2v) is 8.22. The van der Waals surface area contributed by atoms with E-state index in [1.54, 1.807) is 12.1 Å². The lowest BCUT2D eigenvalue weighted by molar-refractivity contribution is 0.0693. The van der Waals surface area contributed by atoms with Crippen LogP contribution in [0.3, 0.4) is 0 Å². The first-order valence-corrected chi connectivity index (χ1v) is 9.19. The minimum atomic E-state index is -0.885. The fourth-order valence-electron chi connectivity index (χ4n) is 2.97.